The molecule has 57 heavy (non-hydrogen) atoms. The zero-order chi connectivity index (χ0) is 42.1. The Bertz CT molecular complexity index is 1980. The number of carbonyl (C=O) groups is 6. The lowest BCUT2D eigenvalue weighted by Crippen LogP contribution is -2.48. The third-order valence-electron chi connectivity index (χ3n) is 8.78. The number of hydrogen-bond acceptors (Lipinski definition) is 8. The van der Waals surface area contributed by atoms with Crippen LogP contribution in [0.25, 0.3) is 11.1 Å². The quantitative estimate of drug-likeness (QED) is 0.0802. The first-order valence-corrected chi connectivity index (χ1v) is 17.8. The van der Waals surface area contributed by atoms with Crippen LogP contribution >= 0.6 is 0 Å². The number of rotatable bonds is 17. The molecule has 306 valence electrons. The molecule has 2 heterocycles. The van der Waals surface area contributed by atoms with Gasteiger partial charge in [-0.1, -0.05) is 51.1 Å². The lowest BCUT2D eigenvalue weighted by Gasteiger charge is -2.41. The average molecular weight is 803 g/mol. The molecular weight excluding hydrogens is 759 g/mol. The summed E-state index contributed by atoms with van der Waals surface area (Å²) in [6, 6.07) is 12.8. The number of nitrogens with zero attached hydrogens (tertiary/aromatic N) is 3. The first kappa shape index (κ1) is 43.8. The maximum absolute atomic E-state index is 15.1. The molecule has 18 heteroatoms. The van der Waals surface area contributed by atoms with Crippen molar-refractivity contribution in [2.75, 3.05) is 32.7 Å². The highest BCUT2D eigenvalue weighted by Crippen LogP contribution is 2.41. The molecule has 1 aliphatic heterocycles. The van der Waals surface area contributed by atoms with Gasteiger partial charge in [-0.05, 0) is 48.2 Å². The van der Waals surface area contributed by atoms with Gasteiger partial charge in [0.1, 0.15) is 18.2 Å². The number of alkyl halides is 3. The maximum atomic E-state index is 15.1. The minimum absolute atomic E-state index is 0.0578. The van der Waals surface area contributed by atoms with Gasteiger partial charge in [0.15, 0.2) is 6.10 Å². The van der Waals surface area contributed by atoms with E-state index in [9.17, 15) is 46.3 Å². The second-order valence-electron chi connectivity index (χ2n) is 14.2. The Hall–Kier alpha value is -5.91. The average Bonchev–Trinajstić information content (AvgIpc) is 3.69. The highest BCUT2D eigenvalue weighted by molar-refractivity contribution is 6.14. The number of amides is 5. The number of nitrogens with two attached hydrogens (primary N) is 1. The highest BCUT2D eigenvalue weighted by atomic mass is 19.4. The van der Waals surface area contributed by atoms with E-state index in [0.29, 0.717) is 10.6 Å². The molecule has 4 rings (SSSR count). The van der Waals surface area contributed by atoms with Crippen LogP contribution in [0, 0.1) is 17.0 Å². The molecule has 13 nitrogen and oxygen atoms in total. The fourth-order valence-electron chi connectivity index (χ4n) is 6.22. The summed E-state index contributed by atoms with van der Waals surface area (Å²) in [7, 11) is 0. The molecule has 0 bridgehead atoms. The number of nitrogens with one attached hydrogen (secondary N) is 2. The number of benzene rings is 2. The summed E-state index contributed by atoms with van der Waals surface area (Å²) in [5, 5.41) is 4.57. The molecule has 1 aromatic heterocycles. The van der Waals surface area contributed by atoms with Crippen molar-refractivity contribution < 1.29 is 55.5 Å². The molecule has 0 aliphatic carbocycles. The molecule has 0 saturated heterocycles. The summed E-state index contributed by atoms with van der Waals surface area (Å²) in [6.07, 6.45) is -5.10. The van der Waals surface area contributed by atoms with Crippen molar-refractivity contribution in [3.8, 4) is 11.1 Å². The second-order valence-corrected chi connectivity index (χ2v) is 14.2. The van der Waals surface area contributed by atoms with E-state index in [1.165, 1.54) is 4.90 Å². The number of aromatic nitrogens is 1. The Morgan fingerprint density at radius 1 is 0.912 bits per heavy atom. The number of esters is 1. The number of halogens is 5. The molecule has 3 aromatic rings. The van der Waals surface area contributed by atoms with E-state index >= 15 is 4.39 Å². The van der Waals surface area contributed by atoms with Crippen LogP contribution in [0.4, 0.5) is 22.0 Å². The van der Waals surface area contributed by atoms with Crippen molar-refractivity contribution >= 4 is 35.5 Å². The van der Waals surface area contributed by atoms with Crippen molar-refractivity contribution in [1.29, 1.82) is 0 Å². The van der Waals surface area contributed by atoms with E-state index < -0.39 is 90.4 Å². The second kappa shape index (κ2) is 18.8. The van der Waals surface area contributed by atoms with Gasteiger partial charge in [0.05, 0.1) is 12.5 Å². The molecule has 2 atom stereocenters. The fourth-order valence-corrected chi connectivity index (χ4v) is 6.22. The Balaban J connectivity index is 1.65. The van der Waals surface area contributed by atoms with Crippen LogP contribution in [0.5, 0.6) is 0 Å². The van der Waals surface area contributed by atoms with Crippen molar-refractivity contribution in [2.24, 2.45) is 11.1 Å². The lowest BCUT2D eigenvalue weighted by atomic mass is 9.82. The van der Waals surface area contributed by atoms with E-state index in [-0.39, 0.29) is 43.7 Å². The Morgan fingerprint density at radius 2 is 1.56 bits per heavy atom. The third kappa shape index (κ3) is 11.8. The molecule has 0 saturated carbocycles. The molecule has 0 spiro atoms. The van der Waals surface area contributed by atoms with E-state index in [1.807, 2.05) is 30.3 Å². The standard InChI is InChI=1S/C39H43F5N6O7/c1-38(2,3)35(29-18-25(27-19-26(40)10-11-28(27)41)22-48(29)21-24-8-5-4-6-9-24)49(17-7-14-45)34(54)20-30(57-37(56)39(42,43)44)36(55)47-16-15-46-31(51)23-50-32(52)12-13-33(50)53/h4-6,8-13,18-19,22,30,35H,7,14-17,20-21,23,45H2,1-3H3,(H,46,51)(H,47,55)/t30?,35-/m0/s1. The monoisotopic (exact) mass is 802 g/mol. The first-order chi connectivity index (χ1) is 26.8. The fraction of sp³-hybridized carbons (Fsp3) is 0.385. The highest BCUT2D eigenvalue weighted by Gasteiger charge is 2.45. The first-order valence-electron chi connectivity index (χ1n) is 17.8. The van der Waals surface area contributed by atoms with Crippen molar-refractivity contribution in [3.05, 3.63) is 95.8 Å². The molecule has 0 radical (unpaired) electrons. The van der Waals surface area contributed by atoms with Crippen LogP contribution in [-0.4, -0.2) is 94.9 Å². The Kier molecular flexibility index (Phi) is 14.5. The SMILES string of the molecule is CC(C)(C)[C@H](c1cc(-c2cc(F)ccc2F)cn1Cc1ccccc1)N(CCCN)C(=O)CC(OC(=O)C(F)(F)F)C(=O)NCCNC(=O)CN1C(=O)C=CC1=O. The van der Waals surface area contributed by atoms with E-state index in [1.54, 1.807) is 37.6 Å². The molecule has 5 amide bonds. The number of imide groups is 1. The van der Waals surface area contributed by atoms with E-state index in [4.69, 9.17) is 5.73 Å². The van der Waals surface area contributed by atoms with Crippen LogP contribution in [0.1, 0.15) is 50.9 Å². The molecule has 1 unspecified atom stereocenters. The minimum Gasteiger partial charge on any atom is -0.445 e. The minimum atomic E-state index is -5.52. The molecule has 4 N–H and O–H groups in total. The van der Waals surface area contributed by atoms with Gasteiger partial charge in [-0.25, -0.2) is 13.6 Å². The summed E-state index contributed by atoms with van der Waals surface area (Å²) in [6.45, 7) is 4.25. The van der Waals surface area contributed by atoms with Gasteiger partial charge in [-0.3, -0.25) is 28.9 Å². The smallest absolute Gasteiger partial charge is 0.445 e. The lowest BCUT2D eigenvalue weighted by molar-refractivity contribution is -0.205. The van der Waals surface area contributed by atoms with Crippen molar-refractivity contribution in [3.63, 3.8) is 0 Å². The van der Waals surface area contributed by atoms with Crippen molar-refractivity contribution in [1.82, 2.24) is 25.0 Å². The van der Waals surface area contributed by atoms with E-state index in [2.05, 4.69) is 15.4 Å². The largest absolute Gasteiger partial charge is 0.490 e. The summed E-state index contributed by atoms with van der Waals surface area (Å²) < 4.78 is 76.0. The zero-order valence-corrected chi connectivity index (χ0v) is 31.4. The molecule has 0 fully saturated rings. The van der Waals surface area contributed by atoms with Crippen LogP contribution in [0.2, 0.25) is 0 Å². The van der Waals surface area contributed by atoms with Gasteiger partial charge in [0.25, 0.3) is 17.7 Å². The normalized spacial score (nSPS) is 14.0. The Morgan fingerprint density at radius 3 is 2.18 bits per heavy atom. The molecule has 2 aromatic carbocycles. The van der Waals surface area contributed by atoms with E-state index in [0.717, 1.165) is 35.9 Å². The van der Waals surface area contributed by atoms with Gasteiger partial charge in [-0.15, -0.1) is 0 Å². The summed E-state index contributed by atoms with van der Waals surface area (Å²) in [5.74, 6) is -8.51. The molecule has 1 aliphatic rings. The number of carbonyl (C=O) groups excluding carboxylic acids is 6. The predicted octanol–water partition coefficient (Wildman–Crippen LogP) is 3.77. The van der Waals surface area contributed by atoms with Crippen LogP contribution in [0.15, 0.2) is 72.9 Å². The number of hydrogen-bond donors (Lipinski definition) is 3. The maximum Gasteiger partial charge on any atom is 0.490 e. The van der Waals surface area contributed by atoms with Crippen LogP contribution in [-0.2, 0) is 40.0 Å². The van der Waals surface area contributed by atoms with Crippen molar-refractivity contribution in [2.45, 2.75) is 58.5 Å². The molecular formula is C39H43F5N6O7. The van der Waals surface area contributed by atoms with Gasteiger partial charge in [0, 0.05) is 61.3 Å². The van der Waals surface area contributed by atoms with Gasteiger partial charge >= 0.3 is 12.1 Å². The zero-order valence-electron chi connectivity index (χ0n) is 31.4. The van der Waals surface area contributed by atoms with Crippen LogP contribution in [0.3, 0.4) is 0 Å². The summed E-state index contributed by atoms with van der Waals surface area (Å²) in [4.78, 5) is 77.3. The number of ether oxygens (including phenoxy) is 1. The van der Waals surface area contributed by atoms with Gasteiger partial charge in [0.2, 0.25) is 11.8 Å². The summed E-state index contributed by atoms with van der Waals surface area (Å²) in [5.41, 5.74) is 6.45. The summed E-state index contributed by atoms with van der Waals surface area (Å²) >= 11 is 0. The van der Waals surface area contributed by atoms with Gasteiger partial charge < -0.3 is 30.6 Å². The predicted molar refractivity (Wildman–Crippen MR) is 195 cm³/mol. The van der Waals surface area contributed by atoms with Gasteiger partial charge in [-0.2, -0.15) is 13.2 Å². The topological polar surface area (TPSA) is 173 Å². The van der Waals surface area contributed by atoms with Crippen LogP contribution < -0.4 is 16.4 Å². The third-order valence-corrected chi connectivity index (χ3v) is 8.78. The Labute approximate surface area is 325 Å².